The van der Waals surface area contributed by atoms with Crippen LogP contribution >= 0.6 is 0 Å². The third-order valence-electron chi connectivity index (χ3n) is 5.97. The van der Waals surface area contributed by atoms with Crippen molar-refractivity contribution >= 4 is 11.8 Å². The van der Waals surface area contributed by atoms with Crippen LogP contribution in [0.5, 0.6) is 5.75 Å². The number of likely N-dealkylation sites (N-methyl/N-ethyl adjacent to an activating group) is 1. The Bertz CT molecular complexity index is 1090. The Labute approximate surface area is 185 Å². The summed E-state index contributed by atoms with van der Waals surface area (Å²) >= 11 is 0. The number of benzene rings is 2. The molecule has 1 heterocycles. The van der Waals surface area contributed by atoms with Gasteiger partial charge in [-0.25, -0.2) is 5.48 Å². The van der Waals surface area contributed by atoms with Crippen LogP contribution in [0.4, 0.5) is 0 Å². The number of carbonyl (C=O) groups excluding carboxylic acids is 2. The summed E-state index contributed by atoms with van der Waals surface area (Å²) in [7, 11) is 1.57. The standard InChI is InChI=1S/C24H25N3O5/c1-16(22(28)25-30)27(2)23(29)24(12-13-24)18-8-10-19(11-9-18)31-15-20-14-21(26-32-20)17-6-4-3-5-7-17/h3-11,14,16,30H,12-13,15H2,1-2H3,(H,25,28). The number of hydroxylamine groups is 1. The molecule has 166 valence electrons. The number of nitrogens with one attached hydrogen (secondary N) is 1. The van der Waals surface area contributed by atoms with Crippen LogP contribution in [0.2, 0.25) is 0 Å². The van der Waals surface area contributed by atoms with Gasteiger partial charge in [-0.3, -0.25) is 14.8 Å². The first kappa shape index (κ1) is 21.6. The summed E-state index contributed by atoms with van der Waals surface area (Å²) in [6.45, 7) is 1.81. The fraction of sp³-hybridized carbons (Fsp3) is 0.292. The molecule has 0 saturated heterocycles. The summed E-state index contributed by atoms with van der Waals surface area (Å²) in [6.07, 6.45) is 1.42. The number of aromatic nitrogens is 1. The van der Waals surface area contributed by atoms with Crippen molar-refractivity contribution in [2.45, 2.75) is 37.8 Å². The van der Waals surface area contributed by atoms with Gasteiger partial charge in [-0.1, -0.05) is 47.6 Å². The largest absolute Gasteiger partial charge is 0.486 e. The van der Waals surface area contributed by atoms with Crippen LogP contribution < -0.4 is 10.2 Å². The molecule has 4 rings (SSSR count). The minimum atomic E-state index is -0.768. The zero-order valence-electron chi connectivity index (χ0n) is 17.9. The normalized spacial score (nSPS) is 15.0. The van der Waals surface area contributed by atoms with Gasteiger partial charge in [0.15, 0.2) is 5.76 Å². The van der Waals surface area contributed by atoms with E-state index in [9.17, 15) is 9.59 Å². The Hall–Kier alpha value is -3.65. The second-order valence-electron chi connectivity index (χ2n) is 8.01. The molecule has 1 unspecified atom stereocenters. The molecule has 1 atom stereocenters. The molecule has 2 amide bonds. The molecule has 1 fully saturated rings. The SMILES string of the molecule is CC(C(=O)NO)N(C)C(=O)C1(c2ccc(OCc3cc(-c4ccccc4)no3)cc2)CC1. The average Bonchev–Trinajstić information content (AvgIpc) is 3.52. The van der Waals surface area contributed by atoms with Gasteiger partial charge >= 0.3 is 0 Å². The molecule has 2 aromatic carbocycles. The number of hydrogen-bond donors (Lipinski definition) is 2. The van der Waals surface area contributed by atoms with Crippen molar-refractivity contribution in [3.05, 3.63) is 72.0 Å². The van der Waals surface area contributed by atoms with Gasteiger partial charge in [-0.15, -0.1) is 0 Å². The van der Waals surface area contributed by atoms with Gasteiger partial charge < -0.3 is 14.2 Å². The van der Waals surface area contributed by atoms with Crippen molar-refractivity contribution in [2.24, 2.45) is 0 Å². The lowest BCUT2D eigenvalue weighted by molar-refractivity contribution is -0.143. The molecule has 3 aromatic rings. The molecule has 0 spiro atoms. The second-order valence-corrected chi connectivity index (χ2v) is 8.01. The monoisotopic (exact) mass is 435 g/mol. The summed E-state index contributed by atoms with van der Waals surface area (Å²) in [5, 5.41) is 12.9. The summed E-state index contributed by atoms with van der Waals surface area (Å²) in [6, 6.07) is 18.2. The lowest BCUT2D eigenvalue weighted by Gasteiger charge is -2.28. The molecule has 0 bridgehead atoms. The third kappa shape index (κ3) is 4.22. The van der Waals surface area contributed by atoms with Crippen LogP contribution in [-0.2, 0) is 21.6 Å². The molecule has 1 saturated carbocycles. The molecule has 0 aliphatic heterocycles. The van der Waals surface area contributed by atoms with Crippen molar-refractivity contribution in [2.75, 3.05) is 7.05 Å². The van der Waals surface area contributed by atoms with Crippen molar-refractivity contribution in [1.29, 1.82) is 0 Å². The lowest BCUT2D eigenvalue weighted by atomic mass is 9.94. The first-order valence-electron chi connectivity index (χ1n) is 10.4. The van der Waals surface area contributed by atoms with Crippen LogP contribution in [0.3, 0.4) is 0 Å². The first-order chi connectivity index (χ1) is 15.4. The van der Waals surface area contributed by atoms with E-state index in [2.05, 4.69) is 5.16 Å². The van der Waals surface area contributed by atoms with E-state index in [-0.39, 0.29) is 12.5 Å². The highest BCUT2D eigenvalue weighted by molar-refractivity contribution is 5.94. The minimum absolute atomic E-state index is 0.141. The van der Waals surface area contributed by atoms with Crippen molar-refractivity contribution in [1.82, 2.24) is 15.5 Å². The topological polar surface area (TPSA) is 105 Å². The number of hydrogen-bond acceptors (Lipinski definition) is 6. The summed E-state index contributed by atoms with van der Waals surface area (Å²) in [5.41, 5.74) is 3.57. The summed E-state index contributed by atoms with van der Waals surface area (Å²) < 4.78 is 11.2. The summed E-state index contributed by atoms with van der Waals surface area (Å²) in [5.74, 6) is 0.496. The molecule has 8 heteroatoms. The molecule has 1 aliphatic rings. The van der Waals surface area contributed by atoms with E-state index in [1.54, 1.807) is 19.5 Å². The number of rotatable bonds is 8. The minimum Gasteiger partial charge on any atom is -0.486 e. The van der Waals surface area contributed by atoms with E-state index in [0.29, 0.717) is 24.4 Å². The van der Waals surface area contributed by atoms with E-state index in [4.69, 9.17) is 14.5 Å². The van der Waals surface area contributed by atoms with Crippen LogP contribution in [-0.4, -0.2) is 40.2 Å². The Balaban J connectivity index is 1.39. The summed E-state index contributed by atoms with van der Waals surface area (Å²) in [4.78, 5) is 26.1. The first-order valence-corrected chi connectivity index (χ1v) is 10.4. The maximum absolute atomic E-state index is 13.0. The number of ether oxygens (including phenoxy) is 1. The molecule has 32 heavy (non-hydrogen) atoms. The van der Waals surface area contributed by atoms with E-state index in [0.717, 1.165) is 16.8 Å². The van der Waals surface area contributed by atoms with Gasteiger partial charge in [0.1, 0.15) is 24.1 Å². The Morgan fingerprint density at radius 1 is 1.19 bits per heavy atom. The molecule has 2 N–H and O–H groups in total. The van der Waals surface area contributed by atoms with E-state index < -0.39 is 17.4 Å². The third-order valence-corrected chi connectivity index (χ3v) is 5.97. The molecule has 0 radical (unpaired) electrons. The Kier molecular flexibility index (Phi) is 5.96. The van der Waals surface area contributed by atoms with Crippen molar-refractivity contribution < 1.29 is 24.1 Å². The maximum Gasteiger partial charge on any atom is 0.265 e. The van der Waals surface area contributed by atoms with Gasteiger partial charge in [-0.05, 0) is 37.5 Å². The number of carbonyl (C=O) groups is 2. The zero-order valence-corrected chi connectivity index (χ0v) is 17.9. The molecular weight excluding hydrogens is 410 g/mol. The molecule has 1 aliphatic carbocycles. The molecule has 1 aromatic heterocycles. The highest BCUT2D eigenvalue weighted by Crippen LogP contribution is 2.50. The average molecular weight is 435 g/mol. The van der Waals surface area contributed by atoms with Crippen molar-refractivity contribution in [3.8, 4) is 17.0 Å². The van der Waals surface area contributed by atoms with Gasteiger partial charge in [0.05, 0.1) is 5.41 Å². The highest BCUT2D eigenvalue weighted by Gasteiger charge is 2.53. The predicted octanol–water partition coefficient (Wildman–Crippen LogP) is 3.30. The fourth-order valence-electron chi connectivity index (χ4n) is 3.68. The van der Waals surface area contributed by atoms with Gasteiger partial charge in [-0.2, -0.15) is 0 Å². The highest BCUT2D eigenvalue weighted by atomic mass is 16.5. The Morgan fingerprint density at radius 3 is 2.50 bits per heavy atom. The van der Waals surface area contributed by atoms with E-state index in [1.165, 1.54) is 4.90 Å². The zero-order chi connectivity index (χ0) is 22.7. The van der Waals surface area contributed by atoms with Crippen LogP contribution in [0.1, 0.15) is 31.1 Å². The van der Waals surface area contributed by atoms with Crippen LogP contribution in [0.25, 0.3) is 11.3 Å². The number of nitrogens with zero attached hydrogens (tertiary/aromatic N) is 2. The molecule has 8 nitrogen and oxygen atoms in total. The van der Waals surface area contributed by atoms with Gasteiger partial charge in [0, 0.05) is 18.7 Å². The predicted molar refractivity (Wildman–Crippen MR) is 116 cm³/mol. The smallest absolute Gasteiger partial charge is 0.265 e. The van der Waals surface area contributed by atoms with E-state index in [1.807, 2.05) is 60.7 Å². The quantitative estimate of drug-likeness (QED) is 0.416. The lowest BCUT2D eigenvalue weighted by Crippen LogP contribution is -2.48. The maximum atomic E-state index is 13.0. The van der Waals surface area contributed by atoms with E-state index >= 15 is 0 Å². The van der Waals surface area contributed by atoms with Gasteiger partial charge in [0.25, 0.3) is 5.91 Å². The fourth-order valence-corrected chi connectivity index (χ4v) is 3.68. The molecular formula is C24H25N3O5. The van der Waals surface area contributed by atoms with Crippen molar-refractivity contribution in [3.63, 3.8) is 0 Å². The van der Waals surface area contributed by atoms with Crippen LogP contribution in [0, 0.1) is 0 Å². The van der Waals surface area contributed by atoms with Gasteiger partial charge in [0.2, 0.25) is 5.91 Å². The Morgan fingerprint density at radius 2 is 1.88 bits per heavy atom. The number of amides is 2. The second kappa shape index (κ2) is 8.84. The van der Waals surface area contributed by atoms with Crippen LogP contribution in [0.15, 0.2) is 65.2 Å².